The number of Topliss-reactive ketones (excluding diaryl/α,β-unsaturated/α-hetero) is 1. The molecule has 0 aliphatic carbocycles. The molecule has 0 bridgehead atoms. The molecule has 0 spiro atoms. The molecule has 1 aliphatic rings. The van der Waals surface area contributed by atoms with E-state index in [2.05, 4.69) is 46.9 Å². The minimum Gasteiger partial charge on any atom is -0.392 e. The third kappa shape index (κ3) is 3.48. The number of rotatable bonds is 5. The van der Waals surface area contributed by atoms with Crippen LogP contribution in [-0.2, 0) is 18.4 Å². The number of thiazole rings is 1. The van der Waals surface area contributed by atoms with Crippen LogP contribution in [0.3, 0.4) is 0 Å². The Morgan fingerprint density at radius 2 is 2.04 bits per heavy atom. The smallest absolute Gasteiger partial charge is 0.265 e. The number of aromatic nitrogens is 1. The minimum atomic E-state index is -0.0169. The molecule has 28 heavy (non-hydrogen) atoms. The van der Waals surface area contributed by atoms with Crippen molar-refractivity contribution in [2.45, 2.75) is 25.3 Å². The summed E-state index contributed by atoms with van der Waals surface area (Å²) in [5.41, 5.74) is 3.06. The Bertz CT molecular complexity index is 1090. The molecule has 1 aromatic heterocycles. The second kappa shape index (κ2) is 7.70. The first-order chi connectivity index (χ1) is 13.5. The van der Waals surface area contributed by atoms with Crippen LogP contribution in [0, 0.1) is 5.92 Å². The molecular formula is C22H23N2O2S2+. The van der Waals surface area contributed by atoms with E-state index in [0.29, 0.717) is 6.54 Å². The number of aliphatic hydroxyl groups excluding tert-OH is 1. The van der Waals surface area contributed by atoms with Gasteiger partial charge in [0.2, 0.25) is 5.52 Å². The van der Waals surface area contributed by atoms with Gasteiger partial charge in [-0.1, -0.05) is 55.1 Å². The van der Waals surface area contributed by atoms with Gasteiger partial charge in [0, 0.05) is 16.9 Å². The molecule has 0 radical (unpaired) electrons. The molecule has 1 N–H and O–H groups in total. The van der Waals surface area contributed by atoms with Crippen molar-refractivity contribution >= 4 is 50.9 Å². The van der Waals surface area contributed by atoms with Crippen LogP contribution < -0.4 is 9.47 Å². The Labute approximate surface area is 173 Å². The zero-order valence-corrected chi connectivity index (χ0v) is 17.8. The first kappa shape index (κ1) is 19.2. The number of fused-ring (bicyclic) bond motifs is 2. The summed E-state index contributed by atoms with van der Waals surface area (Å²) < 4.78 is 3.43. The van der Waals surface area contributed by atoms with Gasteiger partial charge >= 0.3 is 0 Å². The average Bonchev–Trinajstić information content (AvgIpc) is 3.19. The predicted octanol–water partition coefficient (Wildman–Crippen LogP) is 4.35. The van der Waals surface area contributed by atoms with Crippen molar-refractivity contribution in [2.75, 3.05) is 11.4 Å². The lowest BCUT2D eigenvalue weighted by molar-refractivity contribution is -0.642. The molecule has 0 fully saturated rings. The number of thioether (sulfide) groups is 1. The van der Waals surface area contributed by atoms with E-state index in [4.69, 9.17) is 0 Å². The molecule has 2 heterocycles. The molecule has 144 valence electrons. The number of anilines is 1. The molecule has 3 aromatic rings. The summed E-state index contributed by atoms with van der Waals surface area (Å²) in [7, 11) is 2.07. The number of hydrogen-bond donors (Lipinski definition) is 1. The maximum atomic E-state index is 12.5. The molecule has 0 saturated carbocycles. The number of carbonyl (C=O) groups excluding carboxylic acids is 1. The highest BCUT2D eigenvalue weighted by Crippen LogP contribution is 2.47. The fraction of sp³-hybridized carbons (Fsp3) is 0.273. The third-order valence-corrected chi connectivity index (χ3v) is 7.23. The van der Waals surface area contributed by atoms with E-state index < -0.39 is 0 Å². The van der Waals surface area contributed by atoms with E-state index in [1.165, 1.54) is 10.2 Å². The van der Waals surface area contributed by atoms with Gasteiger partial charge in [-0.15, -0.1) is 0 Å². The molecule has 4 rings (SSSR count). The number of para-hydroxylation sites is 1. The lowest BCUT2D eigenvalue weighted by Gasteiger charge is -2.20. The van der Waals surface area contributed by atoms with E-state index >= 15 is 0 Å². The average molecular weight is 412 g/mol. The van der Waals surface area contributed by atoms with Gasteiger partial charge in [0.05, 0.1) is 29.9 Å². The van der Waals surface area contributed by atoms with E-state index in [0.717, 1.165) is 26.2 Å². The van der Waals surface area contributed by atoms with Crippen LogP contribution in [0.2, 0.25) is 0 Å². The fourth-order valence-electron chi connectivity index (χ4n) is 3.21. The summed E-state index contributed by atoms with van der Waals surface area (Å²) in [6.07, 6.45) is 2.17. The summed E-state index contributed by atoms with van der Waals surface area (Å²) in [4.78, 5) is 15.7. The lowest BCUT2D eigenvalue weighted by atomic mass is 10.1. The quantitative estimate of drug-likeness (QED) is 0.634. The Morgan fingerprint density at radius 3 is 2.75 bits per heavy atom. The van der Waals surface area contributed by atoms with E-state index in [-0.39, 0.29) is 18.3 Å². The number of hydrogen-bond acceptors (Lipinski definition) is 5. The maximum absolute atomic E-state index is 12.5. The largest absolute Gasteiger partial charge is 0.392 e. The van der Waals surface area contributed by atoms with E-state index in [1.807, 2.05) is 32.0 Å². The molecule has 0 amide bonds. The van der Waals surface area contributed by atoms with Crippen LogP contribution in [-0.4, -0.2) is 17.4 Å². The summed E-state index contributed by atoms with van der Waals surface area (Å²) in [6.45, 7) is 4.21. The number of benzene rings is 2. The third-order valence-electron chi connectivity index (χ3n) is 4.95. The standard InChI is InChI=1S/C22H23N2O2S2/c1-14(2)18(26)12-24-17-10-15(13-25)8-9-20(17)28-22(24)11-21-23(3)16-6-4-5-7-19(16)27-21/h4-11,14,25H,12-13H2,1-3H3/q+1. The number of nitrogens with zero attached hydrogens (tertiary/aromatic N) is 2. The number of carbonyl (C=O) groups is 1. The second-order valence-electron chi connectivity index (χ2n) is 7.22. The van der Waals surface area contributed by atoms with Gasteiger partial charge in [-0.25, -0.2) is 0 Å². The van der Waals surface area contributed by atoms with Gasteiger partial charge in [-0.05, 0) is 23.8 Å². The summed E-state index contributed by atoms with van der Waals surface area (Å²) in [5, 5.41) is 11.7. The molecule has 0 atom stereocenters. The van der Waals surface area contributed by atoms with Crippen LogP contribution in [0.4, 0.5) is 5.69 Å². The Balaban J connectivity index is 1.78. The summed E-state index contributed by atoms with van der Waals surface area (Å²) in [6, 6.07) is 14.3. The van der Waals surface area contributed by atoms with Gasteiger partial charge < -0.3 is 10.0 Å². The number of aryl methyl sites for hydroxylation is 1. The number of ketones is 1. The highest BCUT2D eigenvalue weighted by atomic mass is 32.2. The SMILES string of the molecule is CC(C)C(=O)CN1/C(=C/c2sc3ccccc3[n+]2C)Sc2ccc(CO)cc21. The molecule has 2 aromatic carbocycles. The Kier molecular flexibility index (Phi) is 5.27. The first-order valence-corrected chi connectivity index (χ1v) is 10.9. The van der Waals surface area contributed by atoms with Crippen LogP contribution in [0.25, 0.3) is 16.3 Å². The Hall–Kier alpha value is -2.15. The van der Waals surface area contributed by atoms with Crippen molar-refractivity contribution in [2.24, 2.45) is 13.0 Å². The van der Waals surface area contributed by atoms with Crippen molar-refractivity contribution in [3.05, 3.63) is 58.1 Å². The maximum Gasteiger partial charge on any atom is 0.265 e. The van der Waals surface area contributed by atoms with Crippen LogP contribution in [0.5, 0.6) is 0 Å². The molecule has 0 saturated heterocycles. The normalized spacial score (nSPS) is 15.0. The minimum absolute atomic E-state index is 0.00572. The topological polar surface area (TPSA) is 44.4 Å². The van der Waals surface area contributed by atoms with E-state index in [9.17, 15) is 9.90 Å². The summed E-state index contributed by atoms with van der Waals surface area (Å²) >= 11 is 3.42. The molecule has 0 unspecified atom stereocenters. The fourth-order valence-corrected chi connectivity index (χ4v) is 5.45. The van der Waals surface area contributed by atoms with Crippen molar-refractivity contribution in [1.82, 2.24) is 0 Å². The zero-order valence-electron chi connectivity index (χ0n) is 16.2. The summed E-state index contributed by atoms with van der Waals surface area (Å²) in [5.74, 6) is 0.186. The first-order valence-electron chi connectivity index (χ1n) is 9.29. The van der Waals surface area contributed by atoms with Gasteiger partial charge in [-0.3, -0.25) is 4.79 Å². The van der Waals surface area contributed by atoms with Gasteiger partial charge in [0.25, 0.3) is 5.01 Å². The van der Waals surface area contributed by atoms with Crippen LogP contribution in [0.1, 0.15) is 24.4 Å². The van der Waals surface area contributed by atoms with Crippen molar-refractivity contribution in [3.63, 3.8) is 0 Å². The molecule has 4 nitrogen and oxygen atoms in total. The molecule has 6 heteroatoms. The van der Waals surface area contributed by atoms with Crippen molar-refractivity contribution < 1.29 is 14.5 Å². The monoisotopic (exact) mass is 411 g/mol. The van der Waals surface area contributed by atoms with Gasteiger partial charge in [-0.2, -0.15) is 4.57 Å². The highest BCUT2D eigenvalue weighted by Gasteiger charge is 2.29. The van der Waals surface area contributed by atoms with Crippen LogP contribution >= 0.6 is 23.1 Å². The Morgan fingerprint density at radius 1 is 1.25 bits per heavy atom. The lowest BCUT2D eigenvalue weighted by Crippen LogP contribution is -2.31. The van der Waals surface area contributed by atoms with Crippen LogP contribution in [0.15, 0.2) is 52.4 Å². The highest BCUT2D eigenvalue weighted by molar-refractivity contribution is 8.03. The second-order valence-corrected chi connectivity index (χ2v) is 9.34. The van der Waals surface area contributed by atoms with Crippen molar-refractivity contribution in [1.29, 1.82) is 0 Å². The predicted molar refractivity (Wildman–Crippen MR) is 116 cm³/mol. The number of aliphatic hydroxyl groups is 1. The zero-order chi connectivity index (χ0) is 19.8. The van der Waals surface area contributed by atoms with E-state index in [1.54, 1.807) is 23.1 Å². The van der Waals surface area contributed by atoms with Crippen molar-refractivity contribution in [3.8, 4) is 0 Å². The molecular weight excluding hydrogens is 388 g/mol. The van der Waals surface area contributed by atoms with Gasteiger partial charge in [0.1, 0.15) is 11.7 Å². The van der Waals surface area contributed by atoms with Gasteiger partial charge in [0.15, 0.2) is 5.78 Å². The molecule has 1 aliphatic heterocycles.